The molecule has 0 radical (unpaired) electrons. The highest BCUT2D eigenvalue weighted by Gasteiger charge is 2.44. The number of carbonyl (C=O) groups excluding carboxylic acids is 4. The summed E-state index contributed by atoms with van der Waals surface area (Å²) in [6.45, 7) is 15.6. The Morgan fingerprint density at radius 3 is 2.06 bits per heavy atom. The predicted octanol–water partition coefficient (Wildman–Crippen LogP) is 11.9. The van der Waals surface area contributed by atoms with Gasteiger partial charge in [0.25, 0.3) is 11.8 Å². The van der Waals surface area contributed by atoms with E-state index in [1.54, 1.807) is 0 Å². The quantitative estimate of drug-likeness (QED) is 0.116. The molecule has 3 heterocycles. The van der Waals surface area contributed by atoms with Gasteiger partial charge in [-0.3, -0.25) is 14.4 Å². The van der Waals surface area contributed by atoms with Crippen molar-refractivity contribution in [1.29, 1.82) is 0 Å². The number of benzene rings is 5. The van der Waals surface area contributed by atoms with Crippen LogP contribution in [0.3, 0.4) is 0 Å². The van der Waals surface area contributed by atoms with Crippen LogP contribution < -0.4 is 19.9 Å². The molecule has 1 atom stereocenters. The average Bonchev–Trinajstić information content (AvgIpc) is 3.85. The van der Waals surface area contributed by atoms with E-state index in [-0.39, 0.29) is 54.9 Å². The largest absolute Gasteiger partial charge is 0.457 e. The molecule has 0 spiro atoms. The third-order valence-electron chi connectivity index (χ3n) is 14.1. The third-order valence-corrected chi connectivity index (χ3v) is 14.1. The summed E-state index contributed by atoms with van der Waals surface area (Å²) >= 11 is 0. The number of imide groups is 1. The van der Waals surface area contributed by atoms with E-state index in [2.05, 4.69) is 154 Å². The first-order valence-corrected chi connectivity index (χ1v) is 23.9. The number of amides is 3. The Morgan fingerprint density at radius 1 is 0.731 bits per heavy atom. The van der Waals surface area contributed by atoms with Crippen LogP contribution in [0.2, 0.25) is 0 Å². The molecule has 4 aliphatic rings. The Morgan fingerprint density at radius 2 is 1.39 bits per heavy atom. The van der Waals surface area contributed by atoms with Gasteiger partial charge < -0.3 is 24.7 Å². The van der Waals surface area contributed by atoms with Crippen molar-refractivity contribution in [2.24, 2.45) is 0 Å². The number of fused-ring (bicyclic) bond motifs is 6. The number of rotatable bonds is 13. The second-order valence-corrected chi connectivity index (χ2v) is 19.1. The lowest BCUT2D eigenvalue weighted by molar-refractivity contribution is -0.197. The molecular formula is C57H60N4O6. The summed E-state index contributed by atoms with van der Waals surface area (Å²) in [5, 5.41) is 8.53. The zero-order valence-corrected chi connectivity index (χ0v) is 39.5. The zero-order chi connectivity index (χ0) is 47.0. The molecule has 0 bridgehead atoms. The van der Waals surface area contributed by atoms with E-state index in [9.17, 15) is 19.2 Å². The van der Waals surface area contributed by atoms with Crippen LogP contribution in [0.5, 0.6) is 5.75 Å². The molecule has 10 nitrogen and oxygen atoms in total. The van der Waals surface area contributed by atoms with Crippen LogP contribution in [0.25, 0.3) is 21.5 Å². The van der Waals surface area contributed by atoms with Gasteiger partial charge in [0.1, 0.15) is 11.5 Å². The van der Waals surface area contributed by atoms with E-state index in [0.717, 1.165) is 49.3 Å². The van der Waals surface area contributed by atoms with Gasteiger partial charge in [0.15, 0.2) is 0 Å². The number of nitrogens with zero attached hydrogens (tertiary/aromatic N) is 3. The number of hydrogen-bond acceptors (Lipinski definition) is 8. The summed E-state index contributed by atoms with van der Waals surface area (Å²) in [7, 11) is 0. The van der Waals surface area contributed by atoms with Crippen molar-refractivity contribution in [2.45, 2.75) is 110 Å². The van der Waals surface area contributed by atoms with E-state index >= 15 is 0 Å². The zero-order valence-electron chi connectivity index (χ0n) is 39.5. The fraction of sp³-hybridized carbons (Fsp3) is 0.333. The summed E-state index contributed by atoms with van der Waals surface area (Å²) in [6, 6.07) is 33.9. The second-order valence-electron chi connectivity index (χ2n) is 19.1. The maximum atomic E-state index is 12.9. The Labute approximate surface area is 393 Å². The molecule has 344 valence electrons. The fourth-order valence-electron chi connectivity index (χ4n) is 10.8. The van der Waals surface area contributed by atoms with Gasteiger partial charge in [0.05, 0.1) is 6.04 Å². The summed E-state index contributed by atoms with van der Waals surface area (Å²) in [5.41, 5.74) is 9.02. The van der Waals surface area contributed by atoms with E-state index in [1.807, 2.05) is 24.3 Å². The number of anilines is 3. The number of hydroxylamine groups is 2. The van der Waals surface area contributed by atoms with Crippen molar-refractivity contribution in [3.05, 3.63) is 155 Å². The minimum absolute atomic E-state index is 0.0265. The van der Waals surface area contributed by atoms with Gasteiger partial charge in [-0.25, -0.2) is 4.79 Å². The SMILES string of the molecule is CCN1C(=CC=C2CCCC(C=CC3N(CC)c4ccc5ccccc5c4C3(C)C)=C2Oc2ccc(NC(=O)CCCC(=O)ON3C(=O)CCC3=O)cc2)C(C)(C)c2c1ccc1ccccc21. The molecule has 1 saturated heterocycles. The highest BCUT2D eigenvalue weighted by atomic mass is 16.7. The van der Waals surface area contributed by atoms with Crippen LogP contribution in [-0.4, -0.2) is 47.9 Å². The van der Waals surface area contributed by atoms with Crippen molar-refractivity contribution in [3.8, 4) is 5.75 Å². The lowest BCUT2D eigenvalue weighted by atomic mass is 9.78. The molecule has 67 heavy (non-hydrogen) atoms. The molecule has 0 saturated carbocycles. The maximum absolute atomic E-state index is 12.9. The molecule has 5 aromatic rings. The summed E-state index contributed by atoms with van der Waals surface area (Å²) in [5.74, 6) is -0.561. The van der Waals surface area contributed by atoms with Crippen LogP contribution in [0.4, 0.5) is 17.1 Å². The van der Waals surface area contributed by atoms with Crippen LogP contribution in [0, 0.1) is 0 Å². The van der Waals surface area contributed by atoms with E-state index < -0.39 is 17.8 Å². The van der Waals surface area contributed by atoms with E-state index in [0.29, 0.717) is 16.5 Å². The molecule has 9 rings (SSSR count). The smallest absolute Gasteiger partial charge is 0.333 e. The van der Waals surface area contributed by atoms with Gasteiger partial charge in [0, 0.05) is 72.4 Å². The van der Waals surface area contributed by atoms with Gasteiger partial charge in [-0.15, -0.1) is 5.06 Å². The first-order valence-electron chi connectivity index (χ1n) is 23.9. The van der Waals surface area contributed by atoms with Gasteiger partial charge in [-0.05, 0) is 126 Å². The molecule has 3 aliphatic heterocycles. The third kappa shape index (κ3) is 8.54. The van der Waals surface area contributed by atoms with Crippen molar-refractivity contribution in [2.75, 3.05) is 28.2 Å². The number of ether oxygens (including phenoxy) is 1. The molecule has 1 fully saturated rings. The van der Waals surface area contributed by atoms with Crippen molar-refractivity contribution in [1.82, 2.24) is 5.06 Å². The maximum Gasteiger partial charge on any atom is 0.333 e. The molecular weight excluding hydrogens is 837 g/mol. The predicted molar refractivity (Wildman–Crippen MR) is 267 cm³/mol. The van der Waals surface area contributed by atoms with Gasteiger partial charge in [-0.1, -0.05) is 107 Å². The fourth-order valence-corrected chi connectivity index (χ4v) is 10.8. The summed E-state index contributed by atoms with van der Waals surface area (Å²) in [6.07, 6.45) is 12.2. The molecule has 1 N–H and O–H groups in total. The first-order chi connectivity index (χ1) is 32.3. The molecule has 1 unspecified atom stereocenters. The molecule has 5 aromatic carbocycles. The number of allylic oxidation sites excluding steroid dienone is 6. The highest BCUT2D eigenvalue weighted by Crippen LogP contribution is 2.52. The molecule has 1 aliphatic carbocycles. The second kappa shape index (κ2) is 18.4. The Kier molecular flexibility index (Phi) is 12.4. The van der Waals surface area contributed by atoms with E-state index in [4.69, 9.17) is 9.57 Å². The van der Waals surface area contributed by atoms with Crippen molar-refractivity contribution in [3.63, 3.8) is 0 Å². The number of likely N-dealkylation sites (N-methyl/N-ethyl adjacent to an activating group) is 2. The highest BCUT2D eigenvalue weighted by molar-refractivity contribution is 6.01. The molecule has 0 aromatic heterocycles. The molecule has 3 amide bonds. The van der Waals surface area contributed by atoms with Crippen LogP contribution in [0.1, 0.15) is 104 Å². The number of nitrogens with one attached hydrogen (secondary N) is 1. The Balaban J connectivity index is 1.00. The van der Waals surface area contributed by atoms with Crippen LogP contribution in [-0.2, 0) is 34.8 Å². The van der Waals surface area contributed by atoms with Crippen LogP contribution >= 0.6 is 0 Å². The number of carbonyl (C=O) groups is 4. The van der Waals surface area contributed by atoms with Gasteiger partial charge in [-0.2, -0.15) is 0 Å². The van der Waals surface area contributed by atoms with Gasteiger partial charge >= 0.3 is 5.97 Å². The first kappa shape index (κ1) is 45.2. The minimum atomic E-state index is -0.726. The number of hydrogen-bond donors (Lipinski definition) is 1. The average molecular weight is 897 g/mol. The van der Waals surface area contributed by atoms with E-state index in [1.165, 1.54) is 49.7 Å². The molecule has 10 heteroatoms. The van der Waals surface area contributed by atoms with Crippen molar-refractivity contribution < 1.29 is 28.8 Å². The Bertz CT molecular complexity index is 2910. The topological polar surface area (TPSA) is 108 Å². The standard InChI is InChI=1S/C57H60N4O6/c1-7-59-45-31-23-37-15-9-11-19-43(37)53(45)56(3,4)47(59)33-25-39-17-13-18-40(26-34-48-57(5,6)54-44-20-12-10-16-38(44)24-32-46(54)60(48)8-2)55(39)66-42-29-27-41(28-30-42)58-49(62)21-14-22-52(65)67-61-50(63)35-36-51(61)64/h9-12,15-16,19-20,23-34,47H,7-8,13-14,17-18,21-22,35-36H2,1-6H3,(H,58,62). The normalized spacial score (nSPS) is 19.9. The summed E-state index contributed by atoms with van der Waals surface area (Å²) < 4.78 is 6.97. The minimum Gasteiger partial charge on any atom is -0.457 e. The Hall–Kier alpha value is -6.94. The lowest BCUT2D eigenvalue weighted by Gasteiger charge is -2.32. The van der Waals surface area contributed by atoms with Crippen molar-refractivity contribution >= 4 is 62.3 Å². The monoisotopic (exact) mass is 896 g/mol. The lowest BCUT2D eigenvalue weighted by Crippen LogP contribution is -2.39. The van der Waals surface area contributed by atoms with Crippen LogP contribution in [0.15, 0.2) is 144 Å². The summed E-state index contributed by atoms with van der Waals surface area (Å²) in [4.78, 5) is 58.7. The van der Waals surface area contributed by atoms with Gasteiger partial charge in [0.2, 0.25) is 5.91 Å².